The summed E-state index contributed by atoms with van der Waals surface area (Å²) in [6, 6.07) is 9.38. The predicted molar refractivity (Wildman–Crippen MR) is 69.9 cm³/mol. The second kappa shape index (κ2) is 4.12. The van der Waals surface area contributed by atoms with Gasteiger partial charge < -0.3 is 15.4 Å². The van der Waals surface area contributed by atoms with Crippen LogP contribution in [0.15, 0.2) is 30.3 Å². The van der Waals surface area contributed by atoms with Crippen molar-refractivity contribution in [2.75, 3.05) is 6.54 Å². The minimum absolute atomic E-state index is 0.191. The maximum absolute atomic E-state index is 12.0. The third-order valence-corrected chi connectivity index (χ3v) is 3.67. The van der Waals surface area contributed by atoms with E-state index in [-0.39, 0.29) is 12.5 Å². The molecular formula is C14H14N2O3. The number of carbonyl (C=O) groups excluding carboxylic acids is 1. The summed E-state index contributed by atoms with van der Waals surface area (Å²) in [7, 11) is 0. The summed E-state index contributed by atoms with van der Waals surface area (Å²) < 4.78 is 0. The van der Waals surface area contributed by atoms with Gasteiger partial charge in [-0.15, -0.1) is 0 Å². The van der Waals surface area contributed by atoms with E-state index in [1.807, 2.05) is 24.3 Å². The van der Waals surface area contributed by atoms with Gasteiger partial charge in [-0.1, -0.05) is 18.2 Å². The van der Waals surface area contributed by atoms with Crippen LogP contribution in [0.25, 0.3) is 10.9 Å². The molecular weight excluding hydrogens is 244 g/mol. The van der Waals surface area contributed by atoms with Crippen LogP contribution in [-0.2, 0) is 4.79 Å². The predicted octanol–water partition coefficient (Wildman–Crippen LogP) is 1.76. The quantitative estimate of drug-likeness (QED) is 0.781. The lowest BCUT2D eigenvalue weighted by molar-refractivity contribution is -0.143. The van der Waals surface area contributed by atoms with Crippen LogP contribution in [0.3, 0.4) is 0 Å². The second-order valence-corrected chi connectivity index (χ2v) is 5.04. The molecule has 3 rings (SSSR count). The van der Waals surface area contributed by atoms with Crippen molar-refractivity contribution in [2.24, 2.45) is 5.41 Å². The van der Waals surface area contributed by atoms with E-state index in [9.17, 15) is 9.59 Å². The van der Waals surface area contributed by atoms with Crippen LogP contribution >= 0.6 is 0 Å². The molecule has 5 heteroatoms. The van der Waals surface area contributed by atoms with E-state index in [1.165, 1.54) is 0 Å². The molecule has 0 bridgehead atoms. The molecule has 1 fully saturated rings. The van der Waals surface area contributed by atoms with Gasteiger partial charge in [-0.3, -0.25) is 9.59 Å². The minimum atomic E-state index is -0.829. The topological polar surface area (TPSA) is 82.2 Å². The smallest absolute Gasteiger partial charge is 0.311 e. The number of benzene rings is 1. The first-order valence-electron chi connectivity index (χ1n) is 6.20. The fourth-order valence-electron chi connectivity index (χ4n) is 2.16. The van der Waals surface area contributed by atoms with Crippen LogP contribution in [0.4, 0.5) is 0 Å². The third kappa shape index (κ3) is 2.07. The zero-order chi connectivity index (χ0) is 13.5. The second-order valence-electron chi connectivity index (χ2n) is 5.04. The van der Waals surface area contributed by atoms with Crippen molar-refractivity contribution in [2.45, 2.75) is 12.8 Å². The van der Waals surface area contributed by atoms with Gasteiger partial charge in [0.2, 0.25) is 0 Å². The molecule has 2 aromatic rings. The Balaban J connectivity index is 1.72. The number of aromatic nitrogens is 1. The molecule has 1 aromatic carbocycles. The molecule has 0 saturated heterocycles. The van der Waals surface area contributed by atoms with Gasteiger partial charge in [0.1, 0.15) is 5.69 Å². The Hall–Kier alpha value is -2.30. The summed E-state index contributed by atoms with van der Waals surface area (Å²) in [6.07, 6.45) is 1.27. The van der Waals surface area contributed by atoms with E-state index < -0.39 is 11.4 Å². The van der Waals surface area contributed by atoms with Gasteiger partial charge >= 0.3 is 5.97 Å². The number of fused-ring (bicyclic) bond motifs is 1. The summed E-state index contributed by atoms with van der Waals surface area (Å²) in [4.78, 5) is 26.0. The largest absolute Gasteiger partial charge is 0.481 e. The Labute approximate surface area is 109 Å². The lowest BCUT2D eigenvalue weighted by Gasteiger charge is -2.10. The average molecular weight is 258 g/mol. The van der Waals surface area contributed by atoms with Gasteiger partial charge in [0.25, 0.3) is 5.91 Å². The highest BCUT2D eigenvalue weighted by Gasteiger charge is 2.50. The number of carboxylic acid groups (broad SMARTS) is 1. The van der Waals surface area contributed by atoms with Gasteiger partial charge in [-0.05, 0) is 25.0 Å². The van der Waals surface area contributed by atoms with E-state index in [4.69, 9.17) is 5.11 Å². The Morgan fingerprint density at radius 1 is 1.32 bits per heavy atom. The van der Waals surface area contributed by atoms with Crippen LogP contribution in [0.2, 0.25) is 0 Å². The van der Waals surface area contributed by atoms with Crippen LogP contribution in [0.1, 0.15) is 23.3 Å². The first kappa shape index (κ1) is 11.8. The number of H-pyrrole nitrogens is 1. The molecule has 1 heterocycles. The number of amides is 1. The maximum atomic E-state index is 12.0. The number of hydrogen-bond donors (Lipinski definition) is 3. The van der Waals surface area contributed by atoms with Crippen LogP contribution < -0.4 is 5.32 Å². The third-order valence-electron chi connectivity index (χ3n) is 3.67. The van der Waals surface area contributed by atoms with Crippen molar-refractivity contribution < 1.29 is 14.7 Å². The highest BCUT2D eigenvalue weighted by atomic mass is 16.4. The minimum Gasteiger partial charge on any atom is -0.481 e. The summed E-state index contributed by atoms with van der Waals surface area (Å²) in [5.41, 5.74) is 0.621. The maximum Gasteiger partial charge on any atom is 0.311 e. The van der Waals surface area contributed by atoms with E-state index in [0.29, 0.717) is 18.5 Å². The van der Waals surface area contributed by atoms with Crippen molar-refractivity contribution in [1.29, 1.82) is 0 Å². The molecule has 0 atom stereocenters. The molecule has 19 heavy (non-hydrogen) atoms. The lowest BCUT2D eigenvalue weighted by atomic mass is 10.1. The van der Waals surface area contributed by atoms with Gasteiger partial charge in [0, 0.05) is 17.4 Å². The number of rotatable bonds is 4. The number of carboxylic acids is 1. The van der Waals surface area contributed by atoms with Gasteiger partial charge in [-0.2, -0.15) is 0 Å². The van der Waals surface area contributed by atoms with Crippen LogP contribution in [-0.4, -0.2) is 28.5 Å². The van der Waals surface area contributed by atoms with Gasteiger partial charge in [-0.25, -0.2) is 0 Å². The molecule has 1 amide bonds. The number of carbonyl (C=O) groups is 2. The Kier molecular flexibility index (Phi) is 2.55. The zero-order valence-corrected chi connectivity index (χ0v) is 10.3. The van der Waals surface area contributed by atoms with Crippen molar-refractivity contribution in [3.63, 3.8) is 0 Å². The fourth-order valence-corrected chi connectivity index (χ4v) is 2.16. The lowest BCUT2D eigenvalue weighted by Crippen LogP contribution is -2.34. The van der Waals surface area contributed by atoms with Crippen molar-refractivity contribution in [3.05, 3.63) is 36.0 Å². The standard InChI is InChI=1S/C14H14N2O3/c17-12(15-8-14(5-6-14)13(18)19)11-7-9-3-1-2-4-10(9)16-11/h1-4,7,16H,5-6,8H2,(H,15,17)(H,18,19). The van der Waals surface area contributed by atoms with Crippen molar-refractivity contribution >= 4 is 22.8 Å². The molecule has 98 valence electrons. The number of aliphatic carboxylic acids is 1. The normalized spacial score (nSPS) is 16.2. The summed E-state index contributed by atoms with van der Waals surface area (Å²) >= 11 is 0. The number of hydrogen-bond acceptors (Lipinski definition) is 2. The first-order valence-corrected chi connectivity index (χ1v) is 6.20. The molecule has 1 aliphatic carbocycles. The summed E-state index contributed by atoms with van der Waals surface area (Å²) in [5, 5.41) is 12.7. The molecule has 3 N–H and O–H groups in total. The highest BCUT2D eigenvalue weighted by molar-refractivity contribution is 5.98. The Morgan fingerprint density at radius 2 is 2.05 bits per heavy atom. The van der Waals surface area contributed by atoms with Crippen molar-refractivity contribution in [1.82, 2.24) is 10.3 Å². The van der Waals surface area contributed by atoms with E-state index in [2.05, 4.69) is 10.3 Å². The molecule has 0 aliphatic heterocycles. The summed E-state index contributed by atoms with van der Waals surface area (Å²) in [5.74, 6) is -1.09. The fraction of sp³-hybridized carbons (Fsp3) is 0.286. The molecule has 0 radical (unpaired) electrons. The zero-order valence-electron chi connectivity index (χ0n) is 10.3. The Bertz CT molecular complexity index is 623. The van der Waals surface area contributed by atoms with Gasteiger partial charge in [0.15, 0.2) is 0 Å². The summed E-state index contributed by atoms with van der Waals surface area (Å²) in [6.45, 7) is 0.191. The van der Waals surface area contributed by atoms with E-state index in [1.54, 1.807) is 6.07 Å². The number of aromatic amines is 1. The van der Waals surface area contributed by atoms with Gasteiger partial charge in [0.05, 0.1) is 5.41 Å². The molecule has 0 unspecified atom stereocenters. The molecule has 0 spiro atoms. The number of para-hydroxylation sites is 1. The Morgan fingerprint density at radius 3 is 2.68 bits per heavy atom. The molecule has 1 aliphatic rings. The van der Waals surface area contributed by atoms with Crippen LogP contribution in [0, 0.1) is 5.41 Å². The molecule has 5 nitrogen and oxygen atoms in total. The monoisotopic (exact) mass is 258 g/mol. The SMILES string of the molecule is O=C(NCC1(C(=O)O)CC1)c1cc2ccccc2[nH]1. The number of nitrogens with one attached hydrogen (secondary N) is 2. The van der Waals surface area contributed by atoms with Crippen LogP contribution in [0.5, 0.6) is 0 Å². The average Bonchev–Trinajstić information content (AvgIpc) is 3.07. The first-order chi connectivity index (χ1) is 9.11. The van der Waals surface area contributed by atoms with Crippen molar-refractivity contribution in [3.8, 4) is 0 Å². The molecule has 1 saturated carbocycles. The van der Waals surface area contributed by atoms with E-state index >= 15 is 0 Å². The van der Waals surface area contributed by atoms with E-state index in [0.717, 1.165) is 10.9 Å². The highest BCUT2D eigenvalue weighted by Crippen LogP contribution is 2.45. The molecule has 1 aromatic heterocycles.